The molecule has 7 heteroatoms. The van der Waals surface area contributed by atoms with Gasteiger partial charge in [0.05, 0.1) is 6.54 Å². The molecule has 0 unspecified atom stereocenters. The number of carbonyl (C=O) groups is 2. The summed E-state index contributed by atoms with van der Waals surface area (Å²) in [5.41, 5.74) is 1.36. The number of fused-ring (bicyclic) bond motifs is 1. The summed E-state index contributed by atoms with van der Waals surface area (Å²) in [6, 6.07) is 11.3. The van der Waals surface area contributed by atoms with Gasteiger partial charge in [-0.25, -0.2) is 8.70 Å². The van der Waals surface area contributed by atoms with E-state index in [9.17, 15) is 14.0 Å². The van der Waals surface area contributed by atoms with Gasteiger partial charge in [-0.3, -0.25) is 9.59 Å². The zero-order valence-electron chi connectivity index (χ0n) is 16.7. The maximum atomic E-state index is 13.1. The summed E-state index contributed by atoms with van der Waals surface area (Å²) in [5, 5.41) is 0.647. The van der Waals surface area contributed by atoms with E-state index in [4.69, 9.17) is 11.6 Å². The molecule has 1 fully saturated rings. The lowest BCUT2D eigenvalue weighted by Gasteiger charge is -2.32. The summed E-state index contributed by atoms with van der Waals surface area (Å²) in [7, 11) is 0. The van der Waals surface area contributed by atoms with Gasteiger partial charge in [-0.2, -0.15) is 0 Å². The predicted octanol–water partition coefficient (Wildman–Crippen LogP) is 4.97. The van der Waals surface area contributed by atoms with Crippen LogP contribution in [0.15, 0.2) is 47.4 Å². The zero-order valence-corrected chi connectivity index (χ0v) is 18.2. The van der Waals surface area contributed by atoms with Crippen LogP contribution in [0.2, 0.25) is 5.02 Å². The van der Waals surface area contributed by atoms with Crippen LogP contribution in [0, 0.1) is 11.7 Å². The first-order valence-corrected chi connectivity index (χ1v) is 11.4. The second-order valence-electron chi connectivity index (χ2n) is 7.86. The van der Waals surface area contributed by atoms with Crippen molar-refractivity contribution < 1.29 is 14.0 Å². The van der Waals surface area contributed by atoms with Gasteiger partial charge in [0.1, 0.15) is 5.82 Å². The summed E-state index contributed by atoms with van der Waals surface area (Å²) < 4.78 is 15.2. The van der Waals surface area contributed by atoms with E-state index in [1.165, 1.54) is 12.1 Å². The lowest BCUT2D eigenvalue weighted by atomic mass is 9.89. The molecule has 0 radical (unpaired) electrons. The average molecular weight is 447 g/mol. The van der Waals surface area contributed by atoms with Crippen LogP contribution in [-0.2, 0) is 0 Å². The summed E-state index contributed by atoms with van der Waals surface area (Å²) in [6.45, 7) is 3.99. The van der Waals surface area contributed by atoms with E-state index < -0.39 is 0 Å². The molecule has 4 rings (SSSR count). The monoisotopic (exact) mass is 446 g/mol. The molecule has 0 aromatic heterocycles. The number of Topliss-reactive ketones (excluding diaryl/α,β-unsaturated/α-hetero) is 2. The number of ketones is 2. The second-order valence-corrected chi connectivity index (χ2v) is 9.43. The number of benzene rings is 2. The van der Waals surface area contributed by atoms with E-state index in [1.807, 2.05) is 12.1 Å². The molecule has 2 aromatic rings. The quantitative estimate of drug-likeness (QED) is 0.463. The van der Waals surface area contributed by atoms with E-state index in [0.717, 1.165) is 55.9 Å². The molecule has 2 heterocycles. The number of halogens is 2. The van der Waals surface area contributed by atoms with Crippen molar-refractivity contribution in [2.24, 2.45) is 5.92 Å². The lowest BCUT2D eigenvalue weighted by molar-refractivity contribution is 0.0838. The van der Waals surface area contributed by atoms with E-state index in [-0.39, 0.29) is 23.3 Å². The second kappa shape index (κ2) is 9.60. The Labute approximate surface area is 185 Å². The van der Waals surface area contributed by atoms with E-state index in [0.29, 0.717) is 17.1 Å². The van der Waals surface area contributed by atoms with Crippen molar-refractivity contribution >= 4 is 35.1 Å². The highest BCUT2D eigenvalue weighted by atomic mass is 35.5. The predicted molar refractivity (Wildman–Crippen MR) is 118 cm³/mol. The van der Waals surface area contributed by atoms with Gasteiger partial charge < -0.3 is 4.90 Å². The van der Waals surface area contributed by atoms with Crippen LogP contribution < -0.4 is 0 Å². The molecule has 0 spiro atoms. The Balaban J connectivity index is 1.21. The fourth-order valence-electron chi connectivity index (χ4n) is 4.08. The molecule has 158 valence electrons. The molecule has 2 aromatic carbocycles. The SMILES string of the molecule is O=C1CN(CCCN2CCC(C(=O)c3ccc(F)cc3)CC2)Sc2cc(Cl)ccc21. The van der Waals surface area contributed by atoms with Gasteiger partial charge in [-0.05, 0) is 93.3 Å². The van der Waals surface area contributed by atoms with Crippen LogP contribution in [0.5, 0.6) is 0 Å². The van der Waals surface area contributed by atoms with Crippen LogP contribution in [0.3, 0.4) is 0 Å². The molecule has 2 aliphatic rings. The third-order valence-corrected chi connectivity index (χ3v) is 7.10. The largest absolute Gasteiger partial charge is 0.303 e. The van der Waals surface area contributed by atoms with Crippen molar-refractivity contribution in [3.05, 3.63) is 64.4 Å². The molecule has 0 bridgehead atoms. The van der Waals surface area contributed by atoms with Crippen LogP contribution in [0.25, 0.3) is 0 Å². The van der Waals surface area contributed by atoms with E-state index in [1.54, 1.807) is 30.1 Å². The minimum atomic E-state index is -0.318. The molecule has 0 aliphatic carbocycles. The van der Waals surface area contributed by atoms with Crippen molar-refractivity contribution in [1.29, 1.82) is 0 Å². The molecule has 1 saturated heterocycles. The van der Waals surface area contributed by atoms with Gasteiger partial charge in [-0.15, -0.1) is 0 Å². The first-order chi connectivity index (χ1) is 14.5. The molecule has 0 N–H and O–H groups in total. The van der Waals surface area contributed by atoms with Gasteiger partial charge in [0.15, 0.2) is 11.6 Å². The average Bonchev–Trinajstić information content (AvgIpc) is 2.74. The van der Waals surface area contributed by atoms with Crippen molar-refractivity contribution in [2.45, 2.75) is 24.2 Å². The number of piperidine rings is 1. The third-order valence-electron chi connectivity index (χ3n) is 5.76. The third kappa shape index (κ3) is 5.11. The first-order valence-electron chi connectivity index (χ1n) is 10.3. The van der Waals surface area contributed by atoms with Gasteiger partial charge in [-0.1, -0.05) is 11.6 Å². The maximum Gasteiger partial charge on any atom is 0.178 e. The van der Waals surface area contributed by atoms with Gasteiger partial charge in [0.2, 0.25) is 0 Å². The number of hydrogen-bond donors (Lipinski definition) is 0. The Hall–Kier alpha value is -1.73. The van der Waals surface area contributed by atoms with E-state index >= 15 is 0 Å². The maximum absolute atomic E-state index is 13.1. The summed E-state index contributed by atoms with van der Waals surface area (Å²) >= 11 is 7.67. The number of nitrogens with zero attached hydrogens (tertiary/aromatic N) is 2. The number of carbonyl (C=O) groups excluding carboxylic acids is 2. The minimum Gasteiger partial charge on any atom is -0.303 e. The Morgan fingerprint density at radius 3 is 2.57 bits per heavy atom. The number of rotatable bonds is 6. The van der Waals surface area contributed by atoms with Gasteiger partial charge >= 0.3 is 0 Å². The molecular weight excluding hydrogens is 423 g/mol. The van der Waals surface area contributed by atoms with Crippen molar-refractivity contribution in [3.63, 3.8) is 0 Å². The minimum absolute atomic E-state index is 0.0169. The number of hydrogen-bond acceptors (Lipinski definition) is 5. The molecule has 2 aliphatic heterocycles. The number of likely N-dealkylation sites (tertiary alicyclic amines) is 1. The van der Waals surface area contributed by atoms with Crippen molar-refractivity contribution in [2.75, 3.05) is 32.7 Å². The highest BCUT2D eigenvalue weighted by molar-refractivity contribution is 7.97. The normalized spacial score (nSPS) is 18.4. The molecule has 0 amide bonds. The Morgan fingerprint density at radius 2 is 1.83 bits per heavy atom. The smallest absolute Gasteiger partial charge is 0.178 e. The van der Waals surface area contributed by atoms with Crippen molar-refractivity contribution in [3.8, 4) is 0 Å². The lowest BCUT2D eigenvalue weighted by Crippen LogP contribution is -2.38. The van der Waals surface area contributed by atoms with Crippen LogP contribution in [0.4, 0.5) is 4.39 Å². The molecule has 30 heavy (non-hydrogen) atoms. The van der Waals surface area contributed by atoms with Crippen molar-refractivity contribution in [1.82, 2.24) is 9.21 Å². The highest BCUT2D eigenvalue weighted by Gasteiger charge is 2.27. The van der Waals surface area contributed by atoms with Crippen LogP contribution in [-0.4, -0.2) is 53.5 Å². The van der Waals surface area contributed by atoms with Crippen LogP contribution >= 0.6 is 23.5 Å². The standard InChI is InChI=1S/C23H24ClFN2O2S/c24-18-4-7-20-21(28)15-27(30-22(20)14-18)11-1-10-26-12-8-17(9-13-26)23(29)16-2-5-19(25)6-3-16/h2-7,14,17H,1,8-13,15H2. The Morgan fingerprint density at radius 1 is 1.10 bits per heavy atom. The topological polar surface area (TPSA) is 40.6 Å². The van der Waals surface area contributed by atoms with Crippen LogP contribution in [0.1, 0.15) is 40.0 Å². The Kier molecular flexibility index (Phi) is 6.88. The van der Waals surface area contributed by atoms with Gasteiger partial charge in [0.25, 0.3) is 0 Å². The molecular formula is C23H24ClFN2O2S. The summed E-state index contributed by atoms with van der Waals surface area (Å²) in [6.07, 6.45) is 2.63. The molecule has 0 atom stereocenters. The van der Waals surface area contributed by atoms with E-state index in [2.05, 4.69) is 9.21 Å². The Bertz CT molecular complexity index is 929. The molecule has 4 nitrogen and oxygen atoms in total. The highest BCUT2D eigenvalue weighted by Crippen LogP contribution is 2.33. The summed E-state index contributed by atoms with van der Waals surface area (Å²) in [5.74, 6) is -0.0412. The van der Waals surface area contributed by atoms with Gasteiger partial charge in [0, 0.05) is 33.5 Å². The fourth-order valence-corrected chi connectivity index (χ4v) is 5.46. The first kappa shape index (κ1) is 21.5. The fraction of sp³-hybridized carbons (Fsp3) is 0.391. The molecule has 0 saturated carbocycles. The zero-order chi connectivity index (χ0) is 21.1. The summed E-state index contributed by atoms with van der Waals surface area (Å²) in [4.78, 5) is 28.3.